The second-order valence-corrected chi connectivity index (χ2v) is 13.2. The molecule has 3 amide bonds. The molecule has 2 aliphatic rings. The lowest BCUT2D eigenvalue weighted by molar-refractivity contribution is -0.554. The van der Waals surface area contributed by atoms with Crippen LogP contribution < -0.4 is 0 Å². The fourth-order valence-electron chi connectivity index (χ4n) is 7.07. The van der Waals surface area contributed by atoms with Gasteiger partial charge in [-0.25, -0.2) is 4.79 Å². The number of piperazine rings is 1. The van der Waals surface area contributed by atoms with Gasteiger partial charge in [0.1, 0.15) is 28.4 Å². The Balaban J connectivity index is 1.91. The number of aliphatic hydroxyl groups excluding tert-OH is 1. The number of carbonyl (C=O) groups excluding carboxylic acids is 2. The number of hydrogen-bond donors (Lipinski definition) is 13. The van der Waals surface area contributed by atoms with Crippen LogP contribution in [0.2, 0.25) is 0 Å². The highest BCUT2D eigenvalue weighted by atomic mass is 19.4. The third kappa shape index (κ3) is 6.43. The van der Waals surface area contributed by atoms with Crippen LogP contribution in [0.5, 0.6) is 34.5 Å². The summed E-state index contributed by atoms with van der Waals surface area (Å²) in [5.74, 6) is -27.4. The highest BCUT2D eigenvalue weighted by Crippen LogP contribution is 2.56. The standard InChI is InChI=1S/C30H35F7N4O15/c1-8-13(21(46)23(48)17(31)18(8)43)12-7-11(41-28(51,52)24(49)40(10(3)42)29(53,54)30(41,55)56)5-6-39(12)25(50)38(4)9(2)14-19(44)15(26(32,33)34)22(47)16(20(14)45)27(35,36)37/h9,11-12,24,43-49,51-56H,5-7H2,1-4H3. The molecule has 26 heteroatoms. The molecule has 0 aliphatic carbocycles. The van der Waals surface area contributed by atoms with Crippen molar-refractivity contribution in [2.75, 3.05) is 13.6 Å². The summed E-state index contributed by atoms with van der Waals surface area (Å²) in [6.45, 7) is 1.22. The lowest BCUT2D eigenvalue weighted by Gasteiger charge is -2.60. The highest BCUT2D eigenvalue weighted by Gasteiger charge is 2.73. The third-order valence-corrected chi connectivity index (χ3v) is 9.90. The molecule has 2 heterocycles. The fourth-order valence-corrected chi connectivity index (χ4v) is 7.07. The molecule has 2 aromatic rings. The molecule has 4 rings (SSSR count). The summed E-state index contributed by atoms with van der Waals surface area (Å²) in [6, 6.07) is -7.78. The van der Waals surface area contributed by atoms with Crippen LogP contribution in [-0.2, 0) is 17.1 Å². The second kappa shape index (κ2) is 13.7. The fraction of sp³-hybridized carbons (Fsp3) is 0.533. The molecule has 19 nitrogen and oxygen atoms in total. The maximum absolute atomic E-state index is 14.6. The number of alkyl halides is 6. The van der Waals surface area contributed by atoms with E-state index in [0.717, 1.165) is 6.92 Å². The van der Waals surface area contributed by atoms with E-state index in [4.69, 9.17) is 0 Å². The predicted molar refractivity (Wildman–Crippen MR) is 163 cm³/mol. The number of phenols is 6. The number of amides is 3. The maximum Gasteiger partial charge on any atom is 0.423 e. The van der Waals surface area contributed by atoms with E-state index < -0.39 is 159 Å². The van der Waals surface area contributed by atoms with Crippen molar-refractivity contribution in [3.8, 4) is 34.5 Å². The largest absolute Gasteiger partial charge is 0.507 e. The van der Waals surface area contributed by atoms with Crippen molar-refractivity contribution in [3.63, 3.8) is 0 Å². The zero-order valence-corrected chi connectivity index (χ0v) is 29.0. The molecule has 0 aromatic heterocycles. The van der Waals surface area contributed by atoms with Crippen LogP contribution in [0.4, 0.5) is 35.5 Å². The van der Waals surface area contributed by atoms with E-state index in [9.17, 15) is 107 Å². The third-order valence-electron chi connectivity index (χ3n) is 9.90. The first-order valence-electron chi connectivity index (χ1n) is 15.7. The van der Waals surface area contributed by atoms with Gasteiger partial charge in [-0.05, 0) is 26.7 Å². The highest BCUT2D eigenvalue weighted by molar-refractivity contribution is 5.77. The Kier molecular flexibility index (Phi) is 10.7. The first kappa shape index (κ1) is 43.9. The summed E-state index contributed by atoms with van der Waals surface area (Å²) in [6.07, 6.45) is -16.8. The molecule has 2 aliphatic heterocycles. The van der Waals surface area contributed by atoms with Crippen molar-refractivity contribution in [3.05, 3.63) is 33.6 Å². The van der Waals surface area contributed by atoms with Gasteiger partial charge in [-0.15, -0.1) is 0 Å². The Hall–Kier alpha value is -4.83. The Labute approximate surface area is 308 Å². The van der Waals surface area contributed by atoms with Crippen LogP contribution in [0.3, 0.4) is 0 Å². The van der Waals surface area contributed by atoms with Gasteiger partial charge in [0.25, 0.3) is 5.91 Å². The smallest absolute Gasteiger partial charge is 0.423 e. The minimum atomic E-state index is -5.89. The lowest BCUT2D eigenvalue weighted by Crippen LogP contribution is -2.87. The van der Waals surface area contributed by atoms with Crippen molar-refractivity contribution >= 4 is 11.9 Å². The molecule has 314 valence electrons. The number of phenolic OH excluding ortho intramolecular Hbond substituents is 6. The molecule has 2 aromatic carbocycles. The number of nitrogens with zero attached hydrogens (tertiary/aromatic N) is 4. The van der Waals surface area contributed by atoms with Crippen LogP contribution >= 0.6 is 0 Å². The minimum absolute atomic E-state index is 0.307. The summed E-state index contributed by atoms with van der Waals surface area (Å²) in [4.78, 5) is 26.2. The number of aliphatic hydroxyl groups is 7. The van der Waals surface area contributed by atoms with Crippen molar-refractivity contribution < 1.29 is 107 Å². The number of carbonyl (C=O) groups is 2. The molecule has 56 heavy (non-hydrogen) atoms. The Morgan fingerprint density at radius 2 is 1.29 bits per heavy atom. The number of hydrogen-bond acceptors (Lipinski definition) is 16. The Bertz CT molecular complexity index is 1870. The van der Waals surface area contributed by atoms with Gasteiger partial charge in [-0.1, -0.05) is 0 Å². The van der Waals surface area contributed by atoms with Crippen LogP contribution in [0.1, 0.15) is 66.6 Å². The van der Waals surface area contributed by atoms with Crippen molar-refractivity contribution in [1.29, 1.82) is 0 Å². The van der Waals surface area contributed by atoms with Gasteiger partial charge < -0.3 is 76.2 Å². The van der Waals surface area contributed by atoms with Gasteiger partial charge >= 0.3 is 30.2 Å². The summed E-state index contributed by atoms with van der Waals surface area (Å²) in [5, 5.41) is 138. The molecule has 0 saturated carbocycles. The van der Waals surface area contributed by atoms with E-state index in [0.29, 0.717) is 30.7 Å². The van der Waals surface area contributed by atoms with E-state index >= 15 is 0 Å². The first-order chi connectivity index (χ1) is 25.2. The monoisotopic (exact) mass is 824 g/mol. The van der Waals surface area contributed by atoms with E-state index in [2.05, 4.69) is 0 Å². The zero-order valence-electron chi connectivity index (χ0n) is 29.0. The summed E-state index contributed by atoms with van der Waals surface area (Å²) in [7, 11) is 0.705. The molecular formula is C30H35F7N4O15. The number of rotatable bonds is 4. The van der Waals surface area contributed by atoms with Crippen LogP contribution in [0.15, 0.2) is 0 Å². The molecule has 0 spiro atoms. The van der Waals surface area contributed by atoms with Crippen LogP contribution in [0, 0.1) is 12.7 Å². The topological polar surface area (TPSA) is 310 Å². The first-order valence-corrected chi connectivity index (χ1v) is 15.7. The number of aromatic hydroxyl groups is 6. The lowest BCUT2D eigenvalue weighted by atomic mass is 9.86. The van der Waals surface area contributed by atoms with Crippen LogP contribution in [0.25, 0.3) is 0 Å². The average Bonchev–Trinajstić information content (AvgIpc) is 3.03. The van der Waals surface area contributed by atoms with Crippen molar-refractivity contribution in [2.45, 2.75) is 88.1 Å². The molecule has 0 radical (unpaired) electrons. The maximum atomic E-state index is 14.6. The van der Waals surface area contributed by atoms with E-state index in [1.54, 1.807) is 0 Å². The quantitative estimate of drug-likeness (QED) is 0.0843. The van der Waals surface area contributed by atoms with Gasteiger partial charge in [-0.2, -0.15) is 35.6 Å². The molecule has 0 bridgehead atoms. The number of piperidine rings is 1. The molecule has 4 atom stereocenters. The number of likely N-dealkylation sites (tertiary alicyclic amines) is 1. The molecule has 4 unspecified atom stereocenters. The van der Waals surface area contributed by atoms with Gasteiger partial charge in [0, 0.05) is 37.7 Å². The van der Waals surface area contributed by atoms with E-state index in [-0.39, 0.29) is 4.90 Å². The SMILES string of the molecule is CC(=O)N1C(O)C(O)(O)N(C2CCN(C(=O)N(C)C(C)c3c(O)c(C(F)(F)F)c(O)c(C(F)(F)F)c3O)C(c3c(C)c(O)c(F)c(O)c3O)C2)C(O)(O)C1(O)O. The molecular weight excluding hydrogens is 789 g/mol. The number of benzene rings is 2. The van der Waals surface area contributed by atoms with E-state index in [1.807, 2.05) is 0 Å². The van der Waals surface area contributed by atoms with Gasteiger partial charge in [-0.3, -0.25) is 9.69 Å². The van der Waals surface area contributed by atoms with Crippen LogP contribution in [-0.4, -0.2) is 142 Å². The summed E-state index contributed by atoms with van der Waals surface area (Å²) < 4.78 is 97.7. The normalized spacial score (nSPS) is 23.2. The average molecular weight is 825 g/mol. The predicted octanol–water partition coefficient (Wildman–Crippen LogP) is 0.122. The zero-order chi connectivity index (χ0) is 43.3. The van der Waals surface area contributed by atoms with Crippen molar-refractivity contribution in [1.82, 2.24) is 19.6 Å². The second-order valence-electron chi connectivity index (χ2n) is 13.2. The van der Waals surface area contributed by atoms with Gasteiger partial charge in [0.05, 0.1) is 17.6 Å². The summed E-state index contributed by atoms with van der Waals surface area (Å²) in [5.41, 5.74) is -8.40. The Morgan fingerprint density at radius 3 is 1.73 bits per heavy atom. The van der Waals surface area contributed by atoms with Gasteiger partial charge in [0.15, 0.2) is 17.2 Å². The Morgan fingerprint density at radius 1 is 0.804 bits per heavy atom. The van der Waals surface area contributed by atoms with Gasteiger partial charge in [0.2, 0.25) is 18.0 Å². The number of halogens is 7. The molecule has 2 fully saturated rings. The molecule has 13 N–H and O–H groups in total. The van der Waals surface area contributed by atoms with Crippen molar-refractivity contribution in [2.24, 2.45) is 0 Å². The summed E-state index contributed by atoms with van der Waals surface area (Å²) >= 11 is 0. The molecule has 2 saturated heterocycles. The minimum Gasteiger partial charge on any atom is -0.507 e. The number of urea groups is 1. The van der Waals surface area contributed by atoms with E-state index in [1.165, 1.54) is 0 Å².